The predicted octanol–water partition coefficient (Wildman–Crippen LogP) is 9.74. The standard InChI is InChI=1S/C43H32N6/c1-4-10-30(11-5-1)38-44-39(31-12-6-2-7-13-31)46-42(45-38)34-22-24-35(25-23-34)43-48-40(32-14-8-3-9-15-32)47-41(49-43)33-20-18-29(19-21-33)37-27-28-16-17-36(37)26-28/h1-25,28,36-37H,26-27H2. The van der Waals surface area contributed by atoms with Crippen LogP contribution >= 0.6 is 0 Å². The van der Waals surface area contributed by atoms with Crippen LogP contribution in [0.2, 0.25) is 0 Å². The minimum Gasteiger partial charge on any atom is -0.208 e. The van der Waals surface area contributed by atoms with Crippen LogP contribution in [0.5, 0.6) is 0 Å². The van der Waals surface area contributed by atoms with Crippen molar-refractivity contribution in [3.63, 3.8) is 0 Å². The van der Waals surface area contributed by atoms with E-state index in [2.05, 4.69) is 36.4 Å². The van der Waals surface area contributed by atoms with Crippen molar-refractivity contribution in [3.05, 3.63) is 157 Å². The van der Waals surface area contributed by atoms with E-state index in [9.17, 15) is 0 Å². The summed E-state index contributed by atoms with van der Waals surface area (Å²) < 4.78 is 0. The minimum absolute atomic E-state index is 0.603. The second kappa shape index (κ2) is 12.5. The number of allylic oxidation sites excluding steroid dienone is 2. The van der Waals surface area contributed by atoms with Gasteiger partial charge in [-0.25, -0.2) is 29.9 Å². The molecule has 0 saturated heterocycles. The molecule has 234 valence electrons. The summed E-state index contributed by atoms with van der Waals surface area (Å²) in [6.45, 7) is 0. The van der Waals surface area contributed by atoms with Gasteiger partial charge in [-0.3, -0.25) is 0 Å². The molecule has 2 heterocycles. The Bertz CT molecular complexity index is 2210. The molecule has 6 nitrogen and oxygen atoms in total. The molecular formula is C43H32N6. The van der Waals surface area contributed by atoms with Crippen LogP contribution in [0.1, 0.15) is 24.3 Å². The monoisotopic (exact) mass is 632 g/mol. The highest BCUT2D eigenvalue weighted by atomic mass is 15.0. The van der Waals surface area contributed by atoms with Gasteiger partial charge >= 0.3 is 0 Å². The predicted molar refractivity (Wildman–Crippen MR) is 194 cm³/mol. The van der Waals surface area contributed by atoms with Crippen LogP contribution in [0.4, 0.5) is 0 Å². The lowest BCUT2D eigenvalue weighted by molar-refractivity contribution is 0.586. The molecule has 0 radical (unpaired) electrons. The first-order valence-electron chi connectivity index (χ1n) is 16.8. The zero-order chi connectivity index (χ0) is 32.6. The molecule has 49 heavy (non-hydrogen) atoms. The van der Waals surface area contributed by atoms with Gasteiger partial charge in [0.2, 0.25) is 0 Å². The van der Waals surface area contributed by atoms with Gasteiger partial charge in [0.1, 0.15) is 0 Å². The normalized spacial score (nSPS) is 17.8. The minimum atomic E-state index is 0.603. The van der Waals surface area contributed by atoms with E-state index >= 15 is 0 Å². The third-order valence-corrected chi connectivity index (χ3v) is 9.64. The van der Waals surface area contributed by atoms with Gasteiger partial charge < -0.3 is 0 Å². The summed E-state index contributed by atoms with van der Waals surface area (Å²) in [5.74, 6) is 5.79. The van der Waals surface area contributed by atoms with E-state index in [0.717, 1.165) is 39.3 Å². The third-order valence-electron chi connectivity index (χ3n) is 9.64. The fourth-order valence-electron chi connectivity index (χ4n) is 7.10. The largest absolute Gasteiger partial charge is 0.208 e. The smallest absolute Gasteiger partial charge is 0.164 e. The molecule has 2 aromatic heterocycles. The first-order valence-corrected chi connectivity index (χ1v) is 16.8. The molecule has 1 saturated carbocycles. The van der Waals surface area contributed by atoms with E-state index in [-0.39, 0.29) is 0 Å². The maximum Gasteiger partial charge on any atom is 0.164 e. The van der Waals surface area contributed by atoms with Gasteiger partial charge in [-0.2, -0.15) is 0 Å². The molecule has 6 heteroatoms. The zero-order valence-electron chi connectivity index (χ0n) is 26.8. The van der Waals surface area contributed by atoms with Crippen LogP contribution < -0.4 is 0 Å². The Balaban J connectivity index is 1.08. The van der Waals surface area contributed by atoms with Crippen molar-refractivity contribution in [1.82, 2.24) is 29.9 Å². The van der Waals surface area contributed by atoms with Gasteiger partial charge in [-0.15, -0.1) is 0 Å². The van der Waals surface area contributed by atoms with Crippen LogP contribution in [0.3, 0.4) is 0 Å². The zero-order valence-corrected chi connectivity index (χ0v) is 26.8. The van der Waals surface area contributed by atoms with Crippen molar-refractivity contribution < 1.29 is 0 Å². The number of hydrogen-bond donors (Lipinski definition) is 0. The molecule has 0 aliphatic heterocycles. The first kappa shape index (κ1) is 29.0. The van der Waals surface area contributed by atoms with E-state index in [1.165, 1.54) is 18.4 Å². The van der Waals surface area contributed by atoms with E-state index in [0.29, 0.717) is 46.8 Å². The first-order chi connectivity index (χ1) is 24.2. The number of benzene rings is 5. The molecule has 3 unspecified atom stereocenters. The number of fused-ring (bicyclic) bond motifs is 2. The summed E-state index contributed by atoms with van der Waals surface area (Å²) in [6, 6.07) is 47.1. The van der Waals surface area contributed by atoms with Crippen LogP contribution in [-0.2, 0) is 0 Å². The maximum atomic E-state index is 5.00. The number of nitrogens with zero attached hydrogens (tertiary/aromatic N) is 6. The van der Waals surface area contributed by atoms with Crippen molar-refractivity contribution in [3.8, 4) is 68.3 Å². The third kappa shape index (κ3) is 5.82. The molecule has 0 N–H and O–H groups in total. The second-order valence-corrected chi connectivity index (χ2v) is 12.8. The highest BCUT2D eigenvalue weighted by Gasteiger charge is 2.36. The summed E-state index contributed by atoms with van der Waals surface area (Å²) in [5.41, 5.74) is 6.96. The molecule has 2 aliphatic rings. The van der Waals surface area contributed by atoms with E-state index < -0.39 is 0 Å². The molecule has 2 bridgehead atoms. The summed E-state index contributed by atoms with van der Waals surface area (Å²) >= 11 is 0. The fourth-order valence-corrected chi connectivity index (χ4v) is 7.10. The molecule has 3 atom stereocenters. The number of aromatic nitrogens is 6. The summed E-state index contributed by atoms with van der Waals surface area (Å²) in [4.78, 5) is 29.5. The van der Waals surface area contributed by atoms with E-state index in [1.807, 2.05) is 115 Å². The van der Waals surface area contributed by atoms with Gasteiger partial charge in [0.15, 0.2) is 34.9 Å². The summed E-state index contributed by atoms with van der Waals surface area (Å²) in [5, 5.41) is 0. The van der Waals surface area contributed by atoms with Gasteiger partial charge in [-0.1, -0.05) is 152 Å². The lowest BCUT2D eigenvalue weighted by Crippen LogP contribution is -2.05. The highest BCUT2D eigenvalue weighted by Crippen LogP contribution is 2.48. The Hall–Kier alpha value is -6.14. The van der Waals surface area contributed by atoms with Crippen molar-refractivity contribution >= 4 is 0 Å². The van der Waals surface area contributed by atoms with Crippen LogP contribution in [-0.4, -0.2) is 29.9 Å². The van der Waals surface area contributed by atoms with Gasteiger partial charge in [0.25, 0.3) is 0 Å². The lowest BCUT2D eigenvalue weighted by atomic mass is 9.86. The topological polar surface area (TPSA) is 77.3 Å². The Kier molecular flexibility index (Phi) is 7.39. The van der Waals surface area contributed by atoms with Crippen LogP contribution in [0, 0.1) is 11.8 Å². The molecule has 7 aromatic rings. The number of rotatable bonds is 7. The maximum absolute atomic E-state index is 5.00. The molecule has 9 rings (SSSR count). The second-order valence-electron chi connectivity index (χ2n) is 12.8. The Morgan fingerprint density at radius 2 is 0.653 bits per heavy atom. The molecule has 0 amide bonds. The Morgan fingerprint density at radius 1 is 0.327 bits per heavy atom. The average molecular weight is 633 g/mol. The fraction of sp³-hybridized carbons (Fsp3) is 0.116. The average Bonchev–Trinajstić information content (AvgIpc) is 3.83. The quantitative estimate of drug-likeness (QED) is 0.163. The van der Waals surface area contributed by atoms with Gasteiger partial charge in [-0.05, 0) is 36.2 Å². The molecule has 5 aromatic carbocycles. The molecule has 2 aliphatic carbocycles. The van der Waals surface area contributed by atoms with Gasteiger partial charge in [0, 0.05) is 33.4 Å². The molecular weight excluding hydrogens is 601 g/mol. The summed E-state index contributed by atoms with van der Waals surface area (Å²) in [6.07, 6.45) is 7.34. The number of hydrogen-bond acceptors (Lipinski definition) is 6. The van der Waals surface area contributed by atoms with Crippen molar-refractivity contribution in [2.24, 2.45) is 11.8 Å². The molecule has 1 fully saturated rings. The van der Waals surface area contributed by atoms with Crippen molar-refractivity contribution in [1.29, 1.82) is 0 Å². The SMILES string of the molecule is C1=CC2CC1CC2c1ccc(-c2nc(-c3ccccc3)nc(-c3ccc(-c4nc(-c5ccccc5)nc(-c5ccccc5)n4)cc3)n2)cc1. The van der Waals surface area contributed by atoms with Gasteiger partial charge in [0.05, 0.1) is 0 Å². The van der Waals surface area contributed by atoms with Crippen molar-refractivity contribution in [2.45, 2.75) is 18.8 Å². The van der Waals surface area contributed by atoms with E-state index in [1.54, 1.807) is 0 Å². The van der Waals surface area contributed by atoms with E-state index in [4.69, 9.17) is 29.9 Å². The Labute approximate surface area is 285 Å². The molecule has 0 spiro atoms. The van der Waals surface area contributed by atoms with Crippen LogP contribution in [0.25, 0.3) is 68.3 Å². The van der Waals surface area contributed by atoms with Crippen LogP contribution in [0.15, 0.2) is 152 Å². The highest BCUT2D eigenvalue weighted by molar-refractivity contribution is 5.70. The van der Waals surface area contributed by atoms with Crippen molar-refractivity contribution in [2.75, 3.05) is 0 Å². The Morgan fingerprint density at radius 3 is 0.959 bits per heavy atom. The lowest BCUT2D eigenvalue weighted by Gasteiger charge is -2.18. The summed E-state index contributed by atoms with van der Waals surface area (Å²) in [7, 11) is 0.